The molecule has 2 aromatic rings. The first-order valence-corrected chi connectivity index (χ1v) is 10.0. The number of ether oxygens (including phenoxy) is 1. The standard InChI is InChI=1S/C23H30N2O3/c1-2-3-4-5-9-18-28-21-15-13-20(14-16-21)23(27)25-24-22(26)17-12-19-10-7-6-8-11-19/h6-8,10-11,13-16H,2-5,9,12,17-18H2,1H3,(H,24,26)(H,25,27). The smallest absolute Gasteiger partial charge is 0.269 e. The Balaban J connectivity index is 1.65. The molecule has 0 saturated carbocycles. The fourth-order valence-electron chi connectivity index (χ4n) is 2.76. The second kappa shape index (κ2) is 12.5. The highest BCUT2D eigenvalue weighted by molar-refractivity contribution is 5.95. The summed E-state index contributed by atoms with van der Waals surface area (Å²) in [6, 6.07) is 16.7. The Morgan fingerprint density at radius 2 is 1.57 bits per heavy atom. The van der Waals surface area contributed by atoms with Crippen LogP contribution in [0.1, 0.15) is 61.4 Å². The topological polar surface area (TPSA) is 67.4 Å². The van der Waals surface area contributed by atoms with Crippen LogP contribution in [0.15, 0.2) is 54.6 Å². The quantitative estimate of drug-likeness (QED) is 0.446. The third-order valence-electron chi connectivity index (χ3n) is 4.43. The van der Waals surface area contributed by atoms with Crippen molar-refractivity contribution in [1.29, 1.82) is 0 Å². The molecule has 5 nitrogen and oxygen atoms in total. The van der Waals surface area contributed by atoms with Crippen LogP contribution < -0.4 is 15.6 Å². The van der Waals surface area contributed by atoms with Gasteiger partial charge < -0.3 is 4.74 Å². The summed E-state index contributed by atoms with van der Waals surface area (Å²) in [5, 5.41) is 0. The maximum atomic E-state index is 12.1. The summed E-state index contributed by atoms with van der Waals surface area (Å²) < 4.78 is 5.69. The molecule has 0 fully saturated rings. The number of hydrogen-bond donors (Lipinski definition) is 2. The van der Waals surface area contributed by atoms with Gasteiger partial charge in [-0.25, -0.2) is 0 Å². The van der Waals surface area contributed by atoms with Gasteiger partial charge in [0, 0.05) is 12.0 Å². The molecule has 28 heavy (non-hydrogen) atoms. The molecule has 0 bridgehead atoms. The van der Waals surface area contributed by atoms with Crippen LogP contribution >= 0.6 is 0 Å². The molecule has 0 saturated heterocycles. The molecule has 2 aromatic carbocycles. The zero-order valence-electron chi connectivity index (χ0n) is 16.6. The molecular formula is C23H30N2O3. The van der Waals surface area contributed by atoms with Crippen molar-refractivity contribution >= 4 is 11.8 Å². The van der Waals surface area contributed by atoms with E-state index in [1.807, 2.05) is 30.3 Å². The monoisotopic (exact) mass is 382 g/mol. The Bertz CT molecular complexity index is 714. The predicted molar refractivity (Wildman–Crippen MR) is 111 cm³/mol. The van der Waals surface area contributed by atoms with Gasteiger partial charge >= 0.3 is 0 Å². The molecule has 0 spiro atoms. The van der Waals surface area contributed by atoms with Crippen LogP contribution in [-0.2, 0) is 11.2 Å². The van der Waals surface area contributed by atoms with Crippen LogP contribution in [0.4, 0.5) is 0 Å². The highest BCUT2D eigenvalue weighted by Crippen LogP contribution is 2.13. The number of nitrogens with one attached hydrogen (secondary N) is 2. The molecule has 2 rings (SSSR count). The van der Waals surface area contributed by atoms with E-state index in [0.717, 1.165) is 17.7 Å². The van der Waals surface area contributed by atoms with E-state index in [1.54, 1.807) is 24.3 Å². The zero-order valence-corrected chi connectivity index (χ0v) is 16.6. The molecular weight excluding hydrogens is 352 g/mol. The van der Waals surface area contributed by atoms with Crippen molar-refractivity contribution < 1.29 is 14.3 Å². The summed E-state index contributed by atoms with van der Waals surface area (Å²) in [6.45, 7) is 2.89. The van der Waals surface area contributed by atoms with E-state index in [0.29, 0.717) is 25.0 Å². The third kappa shape index (κ3) is 8.25. The van der Waals surface area contributed by atoms with Crippen molar-refractivity contribution in [3.05, 3.63) is 65.7 Å². The van der Waals surface area contributed by atoms with Gasteiger partial charge in [0.1, 0.15) is 5.75 Å². The molecule has 0 aromatic heterocycles. The van der Waals surface area contributed by atoms with Gasteiger partial charge in [-0.3, -0.25) is 20.4 Å². The Labute approximate surface area is 167 Å². The maximum Gasteiger partial charge on any atom is 0.269 e. The van der Waals surface area contributed by atoms with Gasteiger partial charge in [0.15, 0.2) is 0 Å². The summed E-state index contributed by atoms with van der Waals surface area (Å²) in [6.07, 6.45) is 6.92. The summed E-state index contributed by atoms with van der Waals surface area (Å²) in [7, 11) is 0. The summed E-state index contributed by atoms with van der Waals surface area (Å²) in [4.78, 5) is 24.0. The van der Waals surface area contributed by atoms with Gasteiger partial charge in [-0.05, 0) is 42.7 Å². The molecule has 0 radical (unpaired) electrons. The first-order chi connectivity index (χ1) is 13.7. The van der Waals surface area contributed by atoms with Crippen molar-refractivity contribution in [2.45, 2.75) is 51.9 Å². The minimum Gasteiger partial charge on any atom is -0.494 e. The molecule has 2 amide bonds. The van der Waals surface area contributed by atoms with Crippen molar-refractivity contribution in [3.8, 4) is 5.75 Å². The van der Waals surface area contributed by atoms with Gasteiger partial charge in [0.2, 0.25) is 5.91 Å². The first kappa shape index (κ1) is 21.5. The zero-order chi connectivity index (χ0) is 20.0. The molecule has 0 aliphatic rings. The van der Waals surface area contributed by atoms with Gasteiger partial charge in [0.05, 0.1) is 6.61 Å². The summed E-state index contributed by atoms with van der Waals surface area (Å²) in [5.74, 6) is 0.179. The lowest BCUT2D eigenvalue weighted by Crippen LogP contribution is -2.41. The molecule has 150 valence electrons. The van der Waals surface area contributed by atoms with Crippen LogP contribution in [0.3, 0.4) is 0 Å². The van der Waals surface area contributed by atoms with Crippen LogP contribution in [0.25, 0.3) is 0 Å². The first-order valence-electron chi connectivity index (χ1n) is 10.0. The van der Waals surface area contributed by atoms with Gasteiger partial charge in [-0.1, -0.05) is 62.9 Å². The fraction of sp³-hybridized carbons (Fsp3) is 0.391. The normalized spacial score (nSPS) is 10.3. The van der Waals surface area contributed by atoms with Gasteiger partial charge in [-0.2, -0.15) is 0 Å². The highest BCUT2D eigenvalue weighted by Gasteiger charge is 2.08. The Hall–Kier alpha value is -2.82. The Morgan fingerprint density at radius 3 is 2.29 bits per heavy atom. The second-order valence-electron chi connectivity index (χ2n) is 6.77. The number of rotatable bonds is 11. The predicted octanol–water partition coefficient (Wildman–Crippen LogP) is 4.43. The molecule has 0 aliphatic heterocycles. The highest BCUT2D eigenvalue weighted by atomic mass is 16.5. The number of carbonyl (C=O) groups excluding carboxylic acids is 2. The van der Waals surface area contributed by atoms with Crippen molar-refractivity contribution in [3.63, 3.8) is 0 Å². The number of hydrazine groups is 1. The summed E-state index contributed by atoms with van der Waals surface area (Å²) >= 11 is 0. The van der Waals surface area contributed by atoms with Gasteiger partial charge in [-0.15, -0.1) is 0 Å². The molecule has 0 aliphatic carbocycles. The number of amides is 2. The molecule has 5 heteroatoms. The average Bonchev–Trinajstić information content (AvgIpc) is 2.74. The van der Waals surface area contributed by atoms with Gasteiger partial charge in [0.25, 0.3) is 5.91 Å². The minimum atomic E-state index is -0.348. The van der Waals surface area contributed by atoms with Crippen LogP contribution in [0.5, 0.6) is 5.75 Å². The van der Waals surface area contributed by atoms with Crippen molar-refractivity contribution in [2.75, 3.05) is 6.61 Å². The number of hydrogen-bond acceptors (Lipinski definition) is 3. The lowest BCUT2D eigenvalue weighted by Gasteiger charge is -2.09. The van der Waals surface area contributed by atoms with E-state index < -0.39 is 0 Å². The van der Waals surface area contributed by atoms with E-state index in [1.165, 1.54) is 25.7 Å². The lowest BCUT2D eigenvalue weighted by atomic mass is 10.1. The Morgan fingerprint density at radius 1 is 0.857 bits per heavy atom. The number of unbranched alkanes of at least 4 members (excludes halogenated alkanes) is 4. The van der Waals surface area contributed by atoms with E-state index in [4.69, 9.17) is 4.74 Å². The maximum absolute atomic E-state index is 12.1. The lowest BCUT2D eigenvalue weighted by molar-refractivity contribution is -0.121. The molecule has 0 atom stereocenters. The SMILES string of the molecule is CCCCCCCOc1ccc(C(=O)NNC(=O)CCc2ccccc2)cc1. The van der Waals surface area contributed by atoms with E-state index in [-0.39, 0.29) is 11.8 Å². The van der Waals surface area contributed by atoms with E-state index in [9.17, 15) is 9.59 Å². The molecule has 2 N–H and O–H groups in total. The number of aryl methyl sites for hydroxylation is 1. The van der Waals surface area contributed by atoms with Crippen LogP contribution in [0.2, 0.25) is 0 Å². The van der Waals surface area contributed by atoms with Crippen molar-refractivity contribution in [2.24, 2.45) is 0 Å². The average molecular weight is 383 g/mol. The minimum absolute atomic E-state index is 0.222. The number of carbonyl (C=O) groups is 2. The fourth-order valence-corrected chi connectivity index (χ4v) is 2.76. The molecule has 0 unspecified atom stereocenters. The Kier molecular flexibility index (Phi) is 9.62. The molecule has 0 heterocycles. The largest absolute Gasteiger partial charge is 0.494 e. The second-order valence-corrected chi connectivity index (χ2v) is 6.77. The summed E-state index contributed by atoms with van der Waals surface area (Å²) in [5.41, 5.74) is 6.46. The van der Waals surface area contributed by atoms with Crippen molar-refractivity contribution in [1.82, 2.24) is 10.9 Å². The number of benzene rings is 2. The van der Waals surface area contributed by atoms with E-state index in [2.05, 4.69) is 17.8 Å². The van der Waals surface area contributed by atoms with E-state index >= 15 is 0 Å². The van der Waals surface area contributed by atoms with Crippen LogP contribution in [0, 0.1) is 0 Å². The third-order valence-corrected chi connectivity index (χ3v) is 4.43. The van der Waals surface area contributed by atoms with Crippen LogP contribution in [-0.4, -0.2) is 18.4 Å².